The zero-order valence-corrected chi connectivity index (χ0v) is 13.5. The van der Waals surface area contributed by atoms with Crippen molar-refractivity contribution in [2.75, 3.05) is 13.6 Å². The van der Waals surface area contributed by atoms with Gasteiger partial charge >= 0.3 is 0 Å². The highest BCUT2D eigenvalue weighted by Gasteiger charge is 2.05. The molecule has 0 amide bonds. The van der Waals surface area contributed by atoms with Gasteiger partial charge in [-0.1, -0.05) is 36.8 Å². The molecule has 0 bridgehead atoms. The van der Waals surface area contributed by atoms with Crippen molar-refractivity contribution in [3.05, 3.63) is 57.3 Å². The van der Waals surface area contributed by atoms with E-state index < -0.39 is 0 Å². The van der Waals surface area contributed by atoms with Crippen LogP contribution in [0.3, 0.4) is 0 Å². The van der Waals surface area contributed by atoms with E-state index in [2.05, 4.69) is 67.5 Å². The van der Waals surface area contributed by atoms with Crippen LogP contribution in [0.2, 0.25) is 0 Å². The van der Waals surface area contributed by atoms with Gasteiger partial charge in [0, 0.05) is 29.4 Å². The van der Waals surface area contributed by atoms with E-state index in [1.54, 1.807) is 0 Å². The first-order valence-corrected chi connectivity index (χ1v) is 8.01. The Hall–Kier alpha value is -1.16. The molecule has 1 heterocycles. The molecule has 0 fully saturated rings. The fraction of sp³-hybridized carbons (Fsp3) is 0.412. The summed E-state index contributed by atoms with van der Waals surface area (Å²) in [5.41, 5.74) is 2.72. The predicted octanol–water partition coefficient (Wildman–Crippen LogP) is 3.80. The maximum atomic E-state index is 3.37. The molecule has 0 aliphatic carbocycles. The number of nitrogens with zero attached hydrogens (tertiary/aromatic N) is 1. The van der Waals surface area contributed by atoms with Gasteiger partial charge in [0.25, 0.3) is 0 Å². The van der Waals surface area contributed by atoms with Gasteiger partial charge in [0.2, 0.25) is 0 Å². The van der Waals surface area contributed by atoms with Crippen molar-refractivity contribution in [2.45, 2.75) is 33.5 Å². The first kappa shape index (κ1) is 15.2. The lowest BCUT2D eigenvalue weighted by atomic mass is 10.1. The summed E-state index contributed by atoms with van der Waals surface area (Å²) in [6.07, 6.45) is 0. The molecule has 2 nitrogen and oxygen atoms in total. The fourth-order valence-electron chi connectivity index (χ4n) is 2.29. The lowest BCUT2D eigenvalue weighted by Crippen LogP contribution is -2.16. The molecule has 0 aliphatic rings. The third kappa shape index (κ3) is 4.75. The van der Waals surface area contributed by atoms with Gasteiger partial charge in [-0.05, 0) is 38.2 Å². The highest BCUT2D eigenvalue weighted by atomic mass is 32.1. The van der Waals surface area contributed by atoms with Crippen LogP contribution in [0.15, 0.2) is 36.4 Å². The van der Waals surface area contributed by atoms with Gasteiger partial charge < -0.3 is 5.32 Å². The minimum Gasteiger partial charge on any atom is -0.312 e. The average molecular weight is 288 g/mol. The smallest absolute Gasteiger partial charge is 0.0328 e. The van der Waals surface area contributed by atoms with Gasteiger partial charge in [0.1, 0.15) is 0 Å². The number of aryl methyl sites for hydroxylation is 1. The van der Waals surface area contributed by atoms with E-state index in [1.165, 1.54) is 20.9 Å². The Balaban J connectivity index is 1.87. The number of benzene rings is 1. The van der Waals surface area contributed by atoms with E-state index in [0.717, 1.165) is 26.2 Å². The second kappa shape index (κ2) is 7.58. The van der Waals surface area contributed by atoms with Gasteiger partial charge in [-0.2, -0.15) is 0 Å². The Morgan fingerprint density at radius 1 is 1.10 bits per heavy atom. The summed E-state index contributed by atoms with van der Waals surface area (Å²) in [6.45, 7) is 8.33. The van der Waals surface area contributed by atoms with Crippen molar-refractivity contribution in [2.24, 2.45) is 0 Å². The molecular weight excluding hydrogens is 264 g/mol. The number of hydrogen-bond acceptors (Lipinski definition) is 3. The van der Waals surface area contributed by atoms with Gasteiger partial charge in [-0.15, -0.1) is 11.3 Å². The van der Waals surface area contributed by atoms with Gasteiger partial charge in [0.05, 0.1) is 0 Å². The zero-order valence-electron chi connectivity index (χ0n) is 12.6. The Morgan fingerprint density at radius 2 is 1.90 bits per heavy atom. The van der Waals surface area contributed by atoms with E-state index in [1.807, 2.05) is 11.3 Å². The largest absolute Gasteiger partial charge is 0.312 e. The molecule has 2 rings (SSSR count). The lowest BCUT2D eigenvalue weighted by molar-refractivity contribution is 0.322. The molecule has 0 aliphatic heterocycles. The molecule has 108 valence electrons. The van der Waals surface area contributed by atoms with Crippen LogP contribution in [0.5, 0.6) is 0 Å². The van der Waals surface area contributed by atoms with Gasteiger partial charge in [0.15, 0.2) is 0 Å². The topological polar surface area (TPSA) is 15.3 Å². The van der Waals surface area contributed by atoms with Gasteiger partial charge in [-0.25, -0.2) is 0 Å². The summed E-state index contributed by atoms with van der Waals surface area (Å²) in [7, 11) is 2.19. The number of thiophene rings is 1. The average Bonchev–Trinajstić information content (AvgIpc) is 2.83. The van der Waals surface area contributed by atoms with Crippen LogP contribution >= 0.6 is 11.3 Å². The Kier molecular flexibility index (Phi) is 5.77. The molecule has 0 saturated carbocycles. The number of rotatable bonds is 7. The van der Waals surface area contributed by atoms with Crippen LogP contribution < -0.4 is 5.32 Å². The third-order valence-corrected chi connectivity index (χ3v) is 4.30. The first-order chi connectivity index (χ1) is 9.67. The quantitative estimate of drug-likeness (QED) is 0.833. The minimum absolute atomic E-state index is 0.989. The van der Waals surface area contributed by atoms with Crippen LogP contribution in [0.1, 0.15) is 27.8 Å². The maximum absolute atomic E-state index is 3.37. The van der Waals surface area contributed by atoms with Gasteiger partial charge in [-0.3, -0.25) is 4.90 Å². The molecule has 1 aromatic heterocycles. The van der Waals surface area contributed by atoms with Crippen molar-refractivity contribution in [1.82, 2.24) is 10.2 Å². The third-order valence-electron chi connectivity index (χ3n) is 3.23. The van der Waals surface area contributed by atoms with Crippen LogP contribution in [-0.2, 0) is 19.6 Å². The van der Waals surface area contributed by atoms with Crippen LogP contribution in [0.25, 0.3) is 0 Å². The lowest BCUT2D eigenvalue weighted by Gasteiger charge is -2.16. The highest BCUT2D eigenvalue weighted by Crippen LogP contribution is 2.18. The fourth-order valence-corrected chi connectivity index (χ4v) is 3.36. The molecule has 1 aromatic carbocycles. The summed E-state index contributed by atoms with van der Waals surface area (Å²) in [5.74, 6) is 0. The minimum atomic E-state index is 0.989. The standard InChI is InChI=1S/C17H24N2S/c1-4-18-11-16-8-9-17(20-16)13-19(3)12-15-7-5-6-14(2)10-15/h5-10,18H,4,11-13H2,1-3H3. The van der Waals surface area contributed by atoms with Crippen molar-refractivity contribution in [3.8, 4) is 0 Å². The van der Waals surface area contributed by atoms with E-state index >= 15 is 0 Å². The number of hydrogen-bond donors (Lipinski definition) is 1. The number of nitrogens with one attached hydrogen (secondary N) is 1. The molecule has 0 spiro atoms. The molecule has 2 aromatic rings. The Labute approximate surface area is 126 Å². The maximum Gasteiger partial charge on any atom is 0.0328 e. The summed E-state index contributed by atoms with van der Waals surface area (Å²) in [5, 5.41) is 3.37. The summed E-state index contributed by atoms with van der Waals surface area (Å²) < 4.78 is 0. The molecule has 20 heavy (non-hydrogen) atoms. The van der Waals surface area contributed by atoms with E-state index in [4.69, 9.17) is 0 Å². The van der Waals surface area contributed by atoms with Crippen molar-refractivity contribution < 1.29 is 0 Å². The highest BCUT2D eigenvalue weighted by molar-refractivity contribution is 7.11. The molecule has 0 saturated heterocycles. The first-order valence-electron chi connectivity index (χ1n) is 7.19. The van der Waals surface area contributed by atoms with Crippen molar-refractivity contribution >= 4 is 11.3 Å². The summed E-state index contributed by atoms with van der Waals surface area (Å²) in [6, 6.07) is 13.2. The molecule has 0 unspecified atom stereocenters. The normalized spacial score (nSPS) is 11.2. The SMILES string of the molecule is CCNCc1ccc(CN(C)Cc2cccc(C)c2)s1. The summed E-state index contributed by atoms with van der Waals surface area (Å²) >= 11 is 1.91. The van der Waals surface area contributed by atoms with Crippen molar-refractivity contribution in [3.63, 3.8) is 0 Å². The summed E-state index contributed by atoms with van der Waals surface area (Å²) in [4.78, 5) is 5.23. The predicted molar refractivity (Wildman–Crippen MR) is 88.0 cm³/mol. The zero-order chi connectivity index (χ0) is 14.4. The molecular formula is C17H24N2S. The van der Waals surface area contributed by atoms with Crippen molar-refractivity contribution in [1.29, 1.82) is 0 Å². The molecule has 1 N–H and O–H groups in total. The second-order valence-electron chi connectivity index (χ2n) is 5.31. The van der Waals surface area contributed by atoms with Crippen LogP contribution in [0.4, 0.5) is 0 Å². The monoisotopic (exact) mass is 288 g/mol. The Morgan fingerprint density at radius 3 is 2.65 bits per heavy atom. The second-order valence-corrected chi connectivity index (χ2v) is 6.56. The van der Waals surface area contributed by atoms with E-state index in [-0.39, 0.29) is 0 Å². The Bertz CT molecular complexity index is 533. The van der Waals surface area contributed by atoms with Crippen LogP contribution in [-0.4, -0.2) is 18.5 Å². The molecule has 0 radical (unpaired) electrons. The van der Waals surface area contributed by atoms with E-state index in [0.29, 0.717) is 0 Å². The van der Waals surface area contributed by atoms with Crippen LogP contribution in [0, 0.1) is 6.92 Å². The molecule has 0 atom stereocenters. The van der Waals surface area contributed by atoms with E-state index in [9.17, 15) is 0 Å². The molecule has 3 heteroatoms.